The van der Waals surface area contributed by atoms with Crippen molar-refractivity contribution < 1.29 is 0 Å². The van der Waals surface area contributed by atoms with Crippen LogP contribution in [0.4, 0.5) is 0 Å². The van der Waals surface area contributed by atoms with Crippen molar-refractivity contribution in [3.05, 3.63) is 0 Å². The van der Waals surface area contributed by atoms with Crippen LogP contribution in [0.15, 0.2) is 9.98 Å². The van der Waals surface area contributed by atoms with Gasteiger partial charge in [-0.25, -0.2) is 0 Å². The van der Waals surface area contributed by atoms with Crippen molar-refractivity contribution in [2.45, 2.75) is 38.5 Å². The van der Waals surface area contributed by atoms with Crippen LogP contribution >= 0.6 is 30.1 Å². The number of piperidine rings is 2. The van der Waals surface area contributed by atoms with E-state index in [1.54, 1.807) is 0 Å². The van der Waals surface area contributed by atoms with Gasteiger partial charge >= 0.3 is 0 Å². The summed E-state index contributed by atoms with van der Waals surface area (Å²) in [4.78, 5) is 14.6. The zero-order valence-corrected chi connectivity index (χ0v) is 14.0. The monoisotopic (exact) mass is 328 g/mol. The van der Waals surface area contributed by atoms with E-state index in [0.717, 1.165) is 5.11 Å². The number of likely N-dealkylation sites (tertiary alicyclic amines) is 2. The Morgan fingerprint density at radius 2 is 1.15 bits per heavy atom. The fourth-order valence-electron chi connectivity index (χ4n) is 2.94. The van der Waals surface area contributed by atoms with Crippen LogP contribution < -0.4 is 0 Å². The summed E-state index contributed by atoms with van der Waals surface area (Å²) in [5.74, 6) is 0. The second-order valence-corrected chi connectivity index (χ2v) is 11.1. The number of nitrogens with zero attached hydrogens (tertiary/aromatic N) is 4. The molecule has 0 atom stereocenters. The Labute approximate surface area is 130 Å². The molecule has 0 N–H and O–H groups in total. The van der Waals surface area contributed by atoms with E-state index in [4.69, 9.17) is 9.98 Å². The summed E-state index contributed by atoms with van der Waals surface area (Å²) < 4.78 is 0. The van der Waals surface area contributed by atoms with E-state index >= 15 is 0 Å². The summed E-state index contributed by atoms with van der Waals surface area (Å²) in [5, 5.41) is 3.55. The molecule has 0 saturated carbocycles. The van der Waals surface area contributed by atoms with Crippen molar-refractivity contribution in [2.75, 3.05) is 26.2 Å². The van der Waals surface area contributed by atoms with E-state index in [1.807, 2.05) is 21.6 Å². The quantitative estimate of drug-likeness (QED) is 0.504. The predicted molar refractivity (Wildman–Crippen MR) is 93.5 cm³/mol. The highest BCUT2D eigenvalue weighted by Crippen LogP contribution is 2.54. The van der Waals surface area contributed by atoms with Gasteiger partial charge in [-0.05, 0) is 68.7 Å². The molecule has 0 aromatic heterocycles. The predicted octanol–water partition coefficient (Wildman–Crippen LogP) is 3.35. The Balaban J connectivity index is 1.44. The van der Waals surface area contributed by atoms with Crippen molar-refractivity contribution in [2.24, 2.45) is 9.98 Å². The van der Waals surface area contributed by atoms with Crippen LogP contribution in [0, 0.1) is 0 Å². The molecule has 4 heterocycles. The summed E-state index contributed by atoms with van der Waals surface area (Å²) in [7, 11) is 4.02. The van der Waals surface area contributed by atoms with Gasteiger partial charge in [0, 0.05) is 26.2 Å². The van der Waals surface area contributed by atoms with Crippen LogP contribution in [0.5, 0.6) is 0 Å². The Morgan fingerprint density at radius 1 is 0.700 bits per heavy atom. The Bertz CT molecular complexity index is 446. The molecule has 20 heavy (non-hydrogen) atoms. The molecule has 0 amide bonds. The number of aliphatic imine (C=N–C) groups is 2. The van der Waals surface area contributed by atoms with E-state index < -0.39 is 0 Å². The van der Waals surface area contributed by atoms with Crippen molar-refractivity contribution >= 4 is 45.6 Å². The van der Waals surface area contributed by atoms with E-state index in [9.17, 15) is 0 Å². The SMILES string of the molecule is C1CCN(C2=NC3=S(S2)SC(N2CCCCC2)=N3)CC1. The summed E-state index contributed by atoms with van der Waals surface area (Å²) >= 11 is 0. The molecule has 110 valence electrons. The average Bonchev–Trinajstić information content (AvgIpc) is 3.08. The molecule has 0 unspecified atom stereocenters. The molecule has 0 bridgehead atoms. The fourth-order valence-corrected chi connectivity index (χ4v) is 8.73. The van der Waals surface area contributed by atoms with Gasteiger partial charge < -0.3 is 9.80 Å². The van der Waals surface area contributed by atoms with E-state index in [2.05, 4.69) is 9.80 Å². The normalized spacial score (nSPS) is 27.7. The molecule has 4 rings (SSSR count). The summed E-state index contributed by atoms with van der Waals surface area (Å²) in [5.41, 5.74) is 0. The molecule has 4 aliphatic rings. The average molecular weight is 329 g/mol. The molecule has 0 spiro atoms. The van der Waals surface area contributed by atoms with Gasteiger partial charge in [0.15, 0.2) is 10.3 Å². The van der Waals surface area contributed by atoms with Crippen molar-refractivity contribution in [1.29, 1.82) is 0 Å². The third-order valence-corrected chi connectivity index (χ3v) is 9.79. The molecule has 0 aromatic carbocycles. The lowest BCUT2D eigenvalue weighted by atomic mass is 10.1. The lowest BCUT2D eigenvalue weighted by Gasteiger charge is -2.29. The summed E-state index contributed by atoms with van der Waals surface area (Å²) in [6, 6.07) is 0. The molecule has 0 aliphatic carbocycles. The topological polar surface area (TPSA) is 31.2 Å². The largest absolute Gasteiger partial charge is 0.350 e. The number of rotatable bonds is 0. The Hall–Kier alpha value is -0.140. The first-order valence-corrected chi connectivity index (χ1v) is 11.4. The maximum atomic E-state index is 4.82. The van der Waals surface area contributed by atoms with Crippen molar-refractivity contribution in [1.82, 2.24) is 9.80 Å². The van der Waals surface area contributed by atoms with Gasteiger partial charge in [-0.3, -0.25) is 0 Å². The van der Waals surface area contributed by atoms with Gasteiger partial charge in [0.25, 0.3) is 0 Å². The molecule has 0 radical (unpaired) electrons. The maximum absolute atomic E-state index is 4.82. The van der Waals surface area contributed by atoms with Gasteiger partial charge in [0.05, 0.1) is 0 Å². The molecule has 7 heteroatoms. The van der Waals surface area contributed by atoms with Gasteiger partial charge in [0.2, 0.25) is 5.11 Å². The Kier molecular flexibility index (Phi) is 4.01. The standard InChI is InChI=1S/C13H20N4S3/c1-3-7-16(8-4-1)12-14-11-15-13(19-20(11)18-12)17-9-5-2-6-10-17/h1-10H2. The number of hydrogen-bond donors (Lipinski definition) is 0. The van der Waals surface area contributed by atoms with Crippen molar-refractivity contribution in [3.8, 4) is 0 Å². The second-order valence-electron chi connectivity index (χ2n) is 5.57. The van der Waals surface area contributed by atoms with Crippen LogP contribution in [0.1, 0.15) is 38.5 Å². The molecule has 4 aliphatic heterocycles. The molecular formula is C13H20N4S3. The molecule has 0 aromatic rings. The lowest BCUT2D eigenvalue weighted by Crippen LogP contribution is -2.34. The zero-order valence-electron chi connectivity index (χ0n) is 11.6. The third kappa shape index (κ3) is 2.64. The first-order valence-electron chi connectivity index (χ1n) is 7.55. The minimum atomic E-state index is 0.128. The van der Waals surface area contributed by atoms with E-state index in [0.29, 0.717) is 0 Å². The molecule has 4 nitrogen and oxygen atoms in total. The summed E-state index contributed by atoms with van der Waals surface area (Å²) in [6.07, 6.45) is 8.03. The number of hydrogen-bond acceptors (Lipinski definition) is 6. The smallest absolute Gasteiger partial charge is 0.203 e. The van der Waals surface area contributed by atoms with Gasteiger partial charge in [-0.15, -0.1) is 0 Å². The molecule has 2 saturated heterocycles. The van der Waals surface area contributed by atoms with E-state index in [1.165, 1.54) is 75.0 Å². The van der Waals surface area contributed by atoms with Crippen LogP contribution in [-0.4, -0.2) is 51.4 Å². The minimum absolute atomic E-state index is 0.128. The van der Waals surface area contributed by atoms with E-state index in [-0.39, 0.29) is 8.55 Å². The zero-order chi connectivity index (χ0) is 13.4. The Morgan fingerprint density at radius 3 is 1.55 bits per heavy atom. The van der Waals surface area contributed by atoms with Gasteiger partial charge in [-0.2, -0.15) is 9.98 Å². The van der Waals surface area contributed by atoms with Crippen LogP contribution in [-0.2, 0) is 0 Å². The fraction of sp³-hybridized carbons (Fsp3) is 0.769. The first-order chi connectivity index (χ1) is 9.90. The second kappa shape index (κ2) is 5.93. The minimum Gasteiger partial charge on any atom is -0.350 e. The summed E-state index contributed by atoms with van der Waals surface area (Å²) in [6.45, 7) is 4.74. The van der Waals surface area contributed by atoms with Crippen molar-refractivity contribution in [3.63, 3.8) is 0 Å². The highest BCUT2D eigenvalue weighted by molar-refractivity contribution is 9.21. The van der Waals surface area contributed by atoms with Crippen LogP contribution in [0.2, 0.25) is 0 Å². The lowest BCUT2D eigenvalue weighted by molar-refractivity contribution is 0.348. The number of amidine groups is 2. The van der Waals surface area contributed by atoms with Crippen LogP contribution in [0.3, 0.4) is 0 Å². The highest BCUT2D eigenvalue weighted by Gasteiger charge is 2.31. The maximum Gasteiger partial charge on any atom is 0.203 e. The van der Waals surface area contributed by atoms with Gasteiger partial charge in [0.1, 0.15) is 0 Å². The van der Waals surface area contributed by atoms with Gasteiger partial charge in [-0.1, -0.05) is 0 Å². The third-order valence-electron chi connectivity index (χ3n) is 4.09. The first kappa shape index (κ1) is 13.5. The molecular weight excluding hydrogens is 308 g/mol. The molecule has 2 fully saturated rings. The van der Waals surface area contributed by atoms with Crippen LogP contribution in [0.25, 0.3) is 0 Å². The highest BCUT2D eigenvalue weighted by atomic mass is 33.5.